The summed E-state index contributed by atoms with van der Waals surface area (Å²) in [7, 11) is 1.71. The summed E-state index contributed by atoms with van der Waals surface area (Å²) in [5.41, 5.74) is 0.617. The van der Waals surface area contributed by atoms with Gasteiger partial charge in [-0.3, -0.25) is 9.59 Å². The molecule has 104 valence electrons. The van der Waals surface area contributed by atoms with Crippen LogP contribution in [0.5, 0.6) is 0 Å². The van der Waals surface area contributed by atoms with Gasteiger partial charge in [-0.05, 0) is 26.1 Å². The van der Waals surface area contributed by atoms with Gasteiger partial charge in [-0.15, -0.1) is 12.4 Å². The van der Waals surface area contributed by atoms with Gasteiger partial charge in [0, 0.05) is 0 Å². The lowest BCUT2D eigenvalue weighted by molar-refractivity contribution is -0.117. The fraction of sp³-hybridized carbons (Fsp3) is 0.364. The highest BCUT2D eigenvalue weighted by Crippen LogP contribution is 2.24. The van der Waals surface area contributed by atoms with E-state index in [0.717, 1.165) is 0 Å². The number of hydrogen-bond donors (Lipinski definition) is 4. The fourth-order valence-corrected chi connectivity index (χ4v) is 1.49. The number of anilines is 3. The minimum absolute atomic E-state index is 0. The summed E-state index contributed by atoms with van der Waals surface area (Å²) >= 11 is 0. The first-order valence-corrected chi connectivity index (χ1v) is 5.63. The van der Waals surface area contributed by atoms with E-state index in [1.54, 1.807) is 26.1 Å². The van der Waals surface area contributed by atoms with Gasteiger partial charge in [0.25, 0.3) is 0 Å². The average molecular weight is 286 g/mol. The summed E-state index contributed by atoms with van der Waals surface area (Å²) in [4.78, 5) is 27.0. The minimum atomic E-state index is -0.296. The molecule has 1 atom stereocenters. The molecule has 1 aliphatic heterocycles. The van der Waals surface area contributed by atoms with E-state index in [0.29, 0.717) is 17.3 Å². The number of carbonyl (C=O) groups is 2. The third-order valence-corrected chi connectivity index (χ3v) is 2.66. The standard InChI is InChI=1S/C11H15N5O2.ClH/c1-6(12-2)11(18)16-8-4-3-7-10(15-8)13-5-9(17)14-7;/h3-4,6,12H,5H2,1-2H3,(H,14,17)(H2,13,15,16,18);1H. The van der Waals surface area contributed by atoms with E-state index in [1.807, 2.05) is 0 Å². The lowest BCUT2D eigenvalue weighted by Crippen LogP contribution is -2.36. The van der Waals surface area contributed by atoms with Crippen molar-refractivity contribution in [3.63, 3.8) is 0 Å². The first kappa shape index (κ1) is 15.2. The van der Waals surface area contributed by atoms with Gasteiger partial charge in [0.1, 0.15) is 5.82 Å². The average Bonchev–Trinajstić information content (AvgIpc) is 2.38. The maximum atomic E-state index is 11.7. The molecule has 0 fully saturated rings. The van der Waals surface area contributed by atoms with E-state index in [1.165, 1.54) is 0 Å². The molecule has 1 unspecified atom stereocenters. The Kier molecular flexibility index (Phi) is 5.08. The Hall–Kier alpha value is -1.86. The van der Waals surface area contributed by atoms with E-state index in [4.69, 9.17) is 0 Å². The second-order valence-electron chi connectivity index (χ2n) is 3.99. The molecule has 0 aromatic carbocycles. The second kappa shape index (κ2) is 6.35. The molecule has 1 aromatic rings. The highest BCUT2D eigenvalue weighted by atomic mass is 35.5. The summed E-state index contributed by atoms with van der Waals surface area (Å²) in [5, 5.41) is 11.1. The van der Waals surface area contributed by atoms with Gasteiger partial charge in [0.05, 0.1) is 18.3 Å². The third-order valence-electron chi connectivity index (χ3n) is 2.66. The Morgan fingerprint density at radius 2 is 2.21 bits per heavy atom. The first-order chi connectivity index (χ1) is 8.60. The zero-order chi connectivity index (χ0) is 13.1. The molecular weight excluding hydrogens is 270 g/mol. The van der Waals surface area contributed by atoms with Gasteiger partial charge in [-0.25, -0.2) is 4.98 Å². The number of aromatic nitrogens is 1. The quantitative estimate of drug-likeness (QED) is 0.645. The highest BCUT2D eigenvalue weighted by molar-refractivity contribution is 6.00. The lowest BCUT2D eigenvalue weighted by Gasteiger charge is -2.18. The third kappa shape index (κ3) is 3.55. The summed E-state index contributed by atoms with van der Waals surface area (Å²) in [6.07, 6.45) is 0. The predicted molar refractivity (Wildman–Crippen MR) is 75.8 cm³/mol. The van der Waals surface area contributed by atoms with Gasteiger partial charge in [0.2, 0.25) is 11.8 Å². The number of rotatable bonds is 3. The van der Waals surface area contributed by atoms with Crippen molar-refractivity contribution >= 4 is 41.5 Å². The maximum absolute atomic E-state index is 11.7. The minimum Gasteiger partial charge on any atom is -0.359 e. The van der Waals surface area contributed by atoms with Gasteiger partial charge in [-0.2, -0.15) is 0 Å². The van der Waals surface area contributed by atoms with Crippen LogP contribution in [-0.2, 0) is 9.59 Å². The second-order valence-corrected chi connectivity index (χ2v) is 3.99. The van der Waals surface area contributed by atoms with Gasteiger partial charge in [-0.1, -0.05) is 0 Å². The first-order valence-electron chi connectivity index (χ1n) is 5.63. The Morgan fingerprint density at radius 1 is 1.47 bits per heavy atom. The molecule has 2 amide bonds. The molecular formula is C11H16ClN5O2. The van der Waals surface area contributed by atoms with Crippen LogP contribution >= 0.6 is 12.4 Å². The van der Waals surface area contributed by atoms with Gasteiger partial charge in [0.15, 0.2) is 5.82 Å². The molecule has 0 aliphatic carbocycles. The Balaban J connectivity index is 0.00000180. The number of halogens is 1. The van der Waals surface area contributed by atoms with E-state index in [9.17, 15) is 9.59 Å². The lowest BCUT2D eigenvalue weighted by atomic mass is 10.3. The maximum Gasteiger partial charge on any atom is 0.243 e. The number of nitrogens with zero attached hydrogens (tertiary/aromatic N) is 1. The van der Waals surface area contributed by atoms with Crippen LogP contribution in [0.2, 0.25) is 0 Å². The van der Waals surface area contributed by atoms with Crippen LogP contribution in [-0.4, -0.2) is 36.4 Å². The number of fused-ring (bicyclic) bond motifs is 1. The van der Waals surface area contributed by atoms with Crippen molar-refractivity contribution in [3.05, 3.63) is 12.1 Å². The van der Waals surface area contributed by atoms with Crippen molar-refractivity contribution in [1.82, 2.24) is 10.3 Å². The van der Waals surface area contributed by atoms with Crippen LogP contribution in [0.1, 0.15) is 6.92 Å². The molecule has 1 aromatic heterocycles. The molecule has 8 heteroatoms. The molecule has 0 radical (unpaired) electrons. The molecule has 7 nitrogen and oxygen atoms in total. The molecule has 2 rings (SSSR count). The topological polar surface area (TPSA) is 95.2 Å². The monoisotopic (exact) mass is 285 g/mol. The zero-order valence-corrected chi connectivity index (χ0v) is 11.4. The van der Waals surface area contributed by atoms with E-state index in [-0.39, 0.29) is 36.8 Å². The largest absolute Gasteiger partial charge is 0.359 e. The van der Waals surface area contributed by atoms with Crippen LogP contribution in [0.4, 0.5) is 17.3 Å². The van der Waals surface area contributed by atoms with E-state index in [2.05, 4.69) is 26.3 Å². The number of hydrogen-bond acceptors (Lipinski definition) is 5. The summed E-state index contributed by atoms with van der Waals surface area (Å²) in [6.45, 7) is 1.94. The Morgan fingerprint density at radius 3 is 2.89 bits per heavy atom. The predicted octanol–water partition coefficient (Wildman–Crippen LogP) is 0.414. The van der Waals surface area contributed by atoms with Crippen molar-refractivity contribution < 1.29 is 9.59 Å². The van der Waals surface area contributed by atoms with Gasteiger partial charge >= 0.3 is 0 Å². The smallest absolute Gasteiger partial charge is 0.243 e. The zero-order valence-electron chi connectivity index (χ0n) is 10.6. The number of amides is 2. The number of nitrogens with one attached hydrogen (secondary N) is 4. The summed E-state index contributed by atoms with van der Waals surface area (Å²) in [6, 6.07) is 3.05. The Labute approximate surface area is 117 Å². The normalized spacial score (nSPS) is 14.3. The molecule has 0 bridgehead atoms. The summed E-state index contributed by atoms with van der Waals surface area (Å²) < 4.78 is 0. The van der Waals surface area contributed by atoms with E-state index >= 15 is 0 Å². The molecule has 19 heavy (non-hydrogen) atoms. The highest BCUT2D eigenvalue weighted by Gasteiger charge is 2.17. The number of carbonyl (C=O) groups excluding carboxylic acids is 2. The van der Waals surface area contributed by atoms with Crippen LogP contribution in [0.25, 0.3) is 0 Å². The molecule has 0 saturated carbocycles. The summed E-state index contributed by atoms with van der Waals surface area (Å²) in [5.74, 6) is 0.740. The number of pyridine rings is 1. The van der Waals surface area contributed by atoms with Crippen molar-refractivity contribution in [2.75, 3.05) is 29.5 Å². The van der Waals surface area contributed by atoms with Crippen molar-refractivity contribution in [1.29, 1.82) is 0 Å². The number of likely N-dealkylation sites (N-methyl/N-ethyl adjacent to an activating group) is 1. The van der Waals surface area contributed by atoms with Crippen molar-refractivity contribution in [2.45, 2.75) is 13.0 Å². The van der Waals surface area contributed by atoms with Crippen LogP contribution < -0.4 is 21.3 Å². The van der Waals surface area contributed by atoms with Crippen LogP contribution in [0, 0.1) is 0 Å². The van der Waals surface area contributed by atoms with E-state index < -0.39 is 0 Å². The molecule has 0 spiro atoms. The fourth-order valence-electron chi connectivity index (χ4n) is 1.49. The Bertz CT molecular complexity index is 494. The van der Waals surface area contributed by atoms with Crippen molar-refractivity contribution in [3.8, 4) is 0 Å². The molecule has 0 saturated heterocycles. The SMILES string of the molecule is CNC(C)C(=O)Nc1ccc2c(n1)NCC(=O)N2.Cl. The molecule has 2 heterocycles. The van der Waals surface area contributed by atoms with Crippen LogP contribution in [0.15, 0.2) is 12.1 Å². The van der Waals surface area contributed by atoms with Crippen LogP contribution in [0.3, 0.4) is 0 Å². The molecule has 1 aliphatic rings. The van der Waals surface area contributed by atoms with Crippen molar-refractivity contribution in [2.24, 2.45) is 0 Å². The van der Waals surface area contributed by atoms with Gasteiger partial charge < -0.3 is 21.3 Å². The molecule has 4 N–H and O–H groups in total.